The minimum Gasteiger partial charge on any atom is -0.397 e. The summed E-state index contributed by atoms with van der Waals surface area (Å²) in [7, 11) is 0. The Morgan fingerprint density at radius 1 is 1.31 bits per heavy atom. The molecule has 0 saturated carbocycles. The third-order valence-corrected chi connectivity index (χ3v) is 3.01. The number of halogens is 2. The highest BCUT2D eigenvalue weighted by molar-refractivity contribution is 9.11. The zero-order valence-electron chi connectivity index (χ0n) is 7.35. The fraction of sp³-hybridized carbons (Fsp3) is 0.333. The van der Waals surface area contributed by atoms with Gasteiger partial charge < -0.3 is 11.5 Å². The van der Waals surface area contributed by atoms with Gasteiger partial charge in [-0.05, 0) is 62.9 Å². The van der Waals surface area contributed by atoms with E-state index in [0.717, 1.165) is 21.1 Å². The number of nitrogen functional groups attached to an aromatic ring is 1. The van der Waals surface area contributed by atoms with Gasteiger partial charge in [0.15, 0.2) is 0 Å². The maximum atomic E-state index is 5.76. The number of hydrogen-bond donors (Lipinski definition) is 2. The molecule has 0 heterocycles. The van der Waals surface area contributed by atoms with Crippen LogP contribution in [0, 0.1) is 0 Å². The van der Waals surface area contributed by atoms with Crippen molar-refractivity contribution in [3.8, 4) is 0 Å². The molecule has 0 bridgehead atoms. The highest BCUT2D eigenvalue weighted by atomic mass is 79.9. The normalized spacial score (nSPS) is 12.9. The van der Waals surface area contributed by atoms with Crippen LogP contribution < -0.4 is 11.5 Å². The molecule has 0 spiro atoms. The van der Waals surface area contributed by atoms with Gasteiger partial charge in [0.1, 0.15) is 0 Å². The molecule has 1 aromatic carbocycles. The fourth-order valence-corrected chi connectivity index (χ4v) is 2.41. The molecule has 0 aliphatic rings. The van der Waals surface area contributed by atoms with Crippen LogP contribution in [0.4, 0.5) is 5.69 Å². The Kier molecular flexibility index (Phi) is 3.76. The minimum absolute atomic E-state index is 0.169. The largest absolute Gasteiger partial charge is 0.397 e. The molecule has 13 heavy (non-hydrogen) atoms. The Bertz CT molecular complexity index is 287. The molecule has 1 rings (SSSR count). The van der Waals surface area contributed by atoms with Gasteiger partial charge in [-0.25, -0.2) is 0 Å². The quantitative estimate of drug-likeness (QED) is 0.825. The van der Waals surface area contributed by atoms with Crippen molar-refractivity contribution in [1.82, 2.24) is 0 Å². The molecule has 0 fully saturated rings. The van der Waals surface area contributed by atoms with Crippen molar-refractivity contribution in [2.45, 2.75) is 19.4 Å². The molecule has 0 aliphatic heterocycles. The monoisotopic (exact) mass is 306 g/mol. The molecule has 0 aliphatic carbocycles. The van der Waals surface area contributed by atoms with Crippen molar-refractivity contribution in [3.63, 3.8) is 0 Å². The Labute approximate surface area is 94.9 Å². The molecule has 1 unspecified atom stereocenters. The van der Waals surface area contributed by atoms with E-state index < -0.39 is 0 Å². The van der Waals surface area contributed by atoms with Gasteiger partial charge in [0.2, 0.25) is 0 Å². The first-order chi connectivity index (χ1) is 6.00. The first-order valence-electron chi connectivity index (χ1n) is 3.99. The summed E-state index contributed by atoms with van der Waals surface area (Å²) in [6.45, 7) is 1.98. The maximum Gasteiger partial charge on any atom is 0.0603 e. The van der Waals surface area contributed by atoms with Gasteiger partial charge in [-0.2, -0.15) is 0 Å². The zero-order valence-corrected chi connectivity index (χ0v) is 10.5. The molecule has 0 radical (unpaired) electrons. The molecule has 1 aromatic rings. The van der Waals surface area contributed by atoms with Crippen molar-refractivity contribution in [1.29, 1.82) is 0 Å². The van der Waals surface area contributed by atoms with Crippen LogP contribution in [0.2, 0.25) is 0 Å². The zero-order chi connectivity index (χ0) is 10.0. The second-order valence-corrected chi connectivity index (χ2v) is 4.86. The molecular formula is C9H12Br2N2. The van der Waals surface area contributed by atoms with Gasteiger partial charge in [0, 0.05) is 15.0 Å². The van der Waals surface area contributed by atoms with Crippen LogP contribution in [-0.2, 0) is 6.42 Å². The lowest BCUT2D eigenvalue weighted by Gasteiger charge is -2.08. The first-order valence-corrected chi connectivity index (χ1v) is 5.58. The number of hydrogen-bond acceptors (Lipinski definition) is 2. The van der Waals surface area contributed by atoms with E-state index in [1.54, 1.807) is 0 Å². The third kappa shape index (κ3) is 2.97. The van der Waals surface area contributed by atoms with Crippen LogP contribution in [0.5, 0.6) is 0 Å². The summed E-state index contributed by atoms with van der Waals surface area (Å²) in [5.41, 5.74) is 13.4. The van der Waals surface area contributed by atoms with E-state index in [4.69, 9.17) is 11.5 Å². The molecule has 2 nitrogen and oxygen atoms in total. The summed E-state index contributed by atoms with van der Waals surface area (Å²) in [5.74, 6) is 0. The molecule has 4 N–H and O–H groups in total. The molecule has 0 amide bonds. The second-order valence-electron chi connectivity index (χ2n) is 3.15. The second kappa shape index (κ2) is 4.44. The maximum absolute atomic E-state index is 5.76. The minimum atomic E-state index is 0.169. The van der Waals surface area contributed by atoms with E-state index in [1.807, 2.05) is 19.1 Å². The molecule has 1 atom stereocenters. The van der Waals surface area contributed by atoms with Crippen molar-refractivity contribution in [3.05, 3.63) is 26.6 Å². The lowest BCUT2D eigenvalue weighted by molar-refractivity contribution is 0.737. The smallest absolute Gasteiger partial charge is 0.0603 e. The SMILES string of the molecule is CC(N)Cc1cc(Br)c(N)c(Br)c1. The van der Waals surface area contributed by atoms with Gasteiger partial charge in [-0.15, -0.1) is 0 Å². The molecule has 72 valence electrons. The number of anilines is 1. The van der Waals surface area contributed by atoms with Gasteiger partial charge in [-0.3, -0.25) is 0 Å². The Morgan fingerprint density at radius 3 is 2.15 bits per heavy atom. The van der Waals surface area contributed by atoms with Crippen molar-refractivity contribution in [2.75, 3.05) is 5.73 Å². The standard InChI is InChI=1S/C9H12Br2N2/c1-5(12)2-6-3-7(10)9(13)8(11)4-6/h3-5H,2,12-13H2,1H3. The predicted molar refractivity (Wildman–Crippen MR) is 63.6 cm³/mol. The van der Waals surface area contributed by atoms with Crippen LogP contribution in [0.25, 0.3) is 0 Å². The van der Waals surface area contributed by atoms with E-state index in [1.165, 1.54) is 5.56 Å². The average Bonchev–Trinajstić information content (AvgIpc) is 1.98. The fourth-order valence-electron chi connectivity index (χ4n) is 1.13. The molecule has 0 aromatic heterocycles. The van der Waals surface area contributed by atoms with Crippen LogP contribution in [0.15, 0.2) is 21.1 Å². The summed E-state index contributed by atoms with van der Waals surface area (Å²) in [6.07, 6.45) is 0.859. The van der Waals surface area contributed by atoms with Crippen LogP contribution >= 0.6 is 31.9 Å². The van der Waals surface area contributed by atoms with Gasteiger partial charge in [0.05, 0.1) is 5.69 Å². The van der Waals surface area contributed by atoms with Crippen molar-refractivity contribution in [2.24, 2.45) is 5.73 Å². The third-order valence-electron chi connectivity index (χ3n) is 1.70. The highest BCUT2D eigenvalue weighted by Crippen LogP contribution is 2.29. The lowest BCUT2D eigenvalue weighted by Crippen LogP contribution is -2.17. The predicted octanol–water partition coefficient (Wildman–Crippen LogP) is 2.68. The molecule has 4 heteroatoms. The first kappa shape index (κ1) is 11.0. The van der Waals surface area contributed by atoms with Crippen molar-refractivity contribution < 1.29 is 0 Å². The average molecular weight is 308 g/mol. The molecule has 0 saturated heterocycles. The van der Waals surface area contributed by atoms with Crippen molar-refractivity contribution >= 4 is 37.5 Å². The topological polar surface area (TPSA) is 52.0 Å². The van der Waals surface area contributed by atoms with E-state index in [9.17, 15) is 0 Å². The van der Waals surface area contributed by atoms with Gasteiger partial charge in [-0.1, -0.05) is 0 Å². The van der Waals surface area contributed by atoms with E-state index in [0.29, 0.717) is 0 Å². The summed E-state index contributed by atoms with van der Waals surface area (Å²) in [4.78, 5) is 0. The number of rotatable bonds is 2. The summed E-state index contributed by atoms with van der Waals surface area (Å²) in [6, 6.07) is 4.18. The summed E-state index contributed by atoms with van der Waals surface area (Å²) >= 11 is 6.78. The van der Waals surface area contributed by atoms with E-state index in [-0.39, 0.29) is 6.04 Å². The number of benzene rings is 1. The molecular weight excluding hydrogens is 296 g/mol. The van der Waals surface area contributed by atoms with E-state index in [2.05, 4.69) is 31.9 Å². The number of nitrogens with two attached hydrogens (primary N) is 2. The summed E-state index contributed by atoms with van der Waals surface area (Å²) < 4.78 is 1.83. The summed E-state index contributed by atoms with van der Waals surface area (Å²) in [5, 5.41) is 0. The van der Waals surface area contributed by atoms with E-state index >= 15 is 0 Å². The Balaban J connectivity index is 2.99. The Hall–Kier alpha value is -0.0600. The van der Waals surface area contributed by atoms with Crippen LogP contribution in [-0.4, -0.2) is 6.04 Å². The van der Waals surface area contributed by atoms with Gasteiger partial charge >= 0.3 is 0 Å². The van der Waals surface area contributed by atoms with Crippen LogP contribution in [0.1, 0.15) is 12.5 Å². The highest BCUT2D eigenvalue weighted by Gasteiger charge is 2.05. The Morgan fingerprint density at radius 2 is 1.77 bits per heavy atom. The van der Waals surface area contributed by atoms with Gasteiger partial charge in [0.25, 0.3) is 0 Å². The van der Waals surface area contributed by atoms with Crippen LogP contribution in [0.3, 0.4) is 0 Å². The lowest BCUT2D eigenvalue weighted by atomic mass is 10.1.